The Hall–Kier alpha value is -1.79. The van der Waals surface area contributed by atoms with Crippen molar-refractivity contribution in [2.75, 3.05) is 53.9 Å². The van der Waals surface area contributed by atoms with Crippen LogP contribution in [0.5, 0.6) is 5.75 Å². The Labute approximate surface area is 152 Å². The first-order valence-corrected chi connectivity index (χ1v) is 9.17. The van der Waals surface area contributed by atoms with Gasteiger partial charge in [-0.1, -0.05) is 25.1 Å². The van der Waals surface area contributed by atoms with Crippen molar-refractivity contribution < 1.29 is 4.74 Å². The van der Waals surface area contributed by atoms with Gasteiger partial charge in [-0.15, -0.1) is 0 Å². The predicted molar refractivity (Wildman–Crippen MR) is 104 cm³/mol. The van der Waals surface area contributed by atoms with Crippen molar-refractivity contribution in [3.05, 3.63) is 30.3 Å². The van der Waals surface area contributed by atoms with Crippen molar-refractivity contribution in [3.8, 4) is 5.75 Å². The van der Waals surface area contributed by atoms with E-state index < -0.39 is 0 Å². The lowest BCUT2D eigenvalue weighted by Gasteiger charge is -2.38. The van der Waals surface area contributed by atoms with Gasteiger partial charge in [-0.2, -0.15) is 0 Å². The van der Waals surface area contributed by atoms with E-state index in [4.69, 9.17) is 4.74 Å². The van der Waals surface area contributed by atoms with Crippen molar-refractivity contribution in [2.45, 2.75) is 25.5 Å². The zero-order valence-electron chi connectivity index (χ0n) is 16.0. The number of hydrogen-bond acceptors (Lipinski definition) is 4. The Morgan fingerprint density at radius 1 is 1.24 bits per heavy atom. The van der Waals surface area contributed by atoms with Gasteiger partial charge in [-0.3, -0.25) is 9.89 Å². The van der Waals surface area contributed by atoms with Crippen LogP contribution in [0.25, 0.3) is 0 Å². The number of nitrogens with one attached hydrogen (secondary N) is 2. The number of benzene rings is 1. The Balaban J connectivity index is 1.76. The van der Waals surface area contributed by atoms with Crippen molar-refractivity contribution in [1.29, 1.82) is 0 Å². The SMILES string of the molecule is CCC(CNC(=NC)NCC1CN(C)CCN1C)Oc1ccccc1. The van der Waals surface area contributed by atoms with E-state index >= 15 is 0 Å². The Morgan fingerprint density at radius 2 is 2.00 bits per heavy atom. The molecule has 1 aliphatic heterocycles. The first kappa shape index (κ1) is 19.5. The van der Waals surface area contributed by atoms with Crippen LogP contribution in [-0.2, 0) is 0 Å². The monoisotopic (exact) mass is 347 g/mol. The van der Waals surface area contributed by atoms with Gasteiger partial charge in [-0.25, -0.2) is 0 Å². The summed E-state index contributed by atoms with van der Waals surface area (Å²) in [6.07, 6.45) is 1.05. The summed E-state index contributed by atoms with van der Waals surface area (Å²) in [5.74, 6) is 1.74. The highest BCUT2D eigenvalue weighted by Crippen LogP contribution is 2.12. The molecule has 6 nitrogen and oxygen atoms in total. The minimum Gasteiger partial charge on any atom is -0.489 e. The van der Waals surface area contributed by atoms with Crippen molar-refractivity contribution >= 4 is 5.96 Å². The number of ether oxygens (including phenoxy) is 1. The zero-order chi connectivity index (χ0) is 18.1. The minimum absolute atomic E-state index is 0.115. The fourth-order valence-corrected chi connectivity index (χ4v) is 2.93. The molecule has 2 rings (SSSR count). The fraction of sp³-hybridized carbons (Fsp3) is 0.632. The Morgan fingerprint density at radius 3 is 2.68 bits per heavy atom. The third-order valence-electron chi connectivity index (χ3n) is 4.71. The predicted octanol–water partition coefficient (Wildman–Crippen LogP) is 1.25. The summed E-state index contributed by atoms with van der Waals surface area (Å²) in [4.78, 5) is 9.13. The topological polar surface area (TPSA) is 52.1 Å². The van der Waals surface area contributed by atoms with E-state index in [1.165, 1.54) is 0 Å². The number of nitrogens with zero attached hydrogens (tertiary/aromatic N) is 3. The van der Waals surface area contributed by atoms with Crippen molar-refractivity contribution in [2.24, 2.45) is 4.99 Å². The molecule has 25 heavy (non-hydrogen) atoms. The average Bonchev–Trinajstić information content (AvgIpc) is 2.64. The van der Waals surface area contributed by atoms with Crippen LogP contribution in [0.1, 0.15) is 13.3 Å². The second kappa shape index (κ2) is 10.3. The van der Waals surface area contributed by atoms with Crippen molar-refractivity contribution in [1.82, 2.24) is 20.4 Å². The molecule has 0 aromatic heterocycles. The van der Waals surface area contributed by atoms with E-state index in [0.717, 1.165) is 50.9 Å². The largest absolute Gasteiger partial charge is 0.489 e. The highest BCUT2D eigenvalue weighted by Gasteiger charge is 2.22. The second-order valence-corrected chi connectivity index (χ2v) is 6.69. The van der Waals surface area contributed by atoms with Crippen LogP contribution in [0.2, 0.25) is 0 Å². The molecule has 1 aromatic carbocycles. The normalized spacial score (nSPS) is 21.0. The molecule has 0 radical (unpaired) electrons. The highest BCUT2D eigenvalue weighted by atomic mass is 16.5. The molecule has 1 heterocycles. The third kappa shape index (κ3) is 6.55. The molecule has 2 N–H and O–H groups in total. The molecule has 2 atom stereocenters. The summed E-state index contributed by atoms with van der Waals surface area (Å²) < 4.78 is 6.02. The van der Waals surface area contributed by atoms with Gasteiger partial charge in [0.05, 0.1) is 6.54 Å². The molecule has 0 aliphatic carbocycles. The summed E-state index contributed by atoms with van der Waals surface area (Å²) in [5, 5.41) is 6.84. The third-order valence-corrected chi connectivity index (χ3v) is 4.71. The number of guanidine groups is 1. The van der Waals surface area contributed by atoms with Gasteiger partial charge >= 0.3 is 0 Å². The van der Waals surface area contributed by atoms with E-state index in [1.807, 2.05) is 37.4 Å². The van der Waals surface area contributed by atoms with Gasteiger partial charge in [0.15, 0.2) is 5.96 Å². The smallest absolute Gasteiger partial charge is 0.191 e. The van der Waals surface area contributed by atoms with E-state index in [9.17, 15) is 0 Å². The summed E-state index contributed by atoms with van der Waals surface area (Å²) in [6, 6.07) is 10.5. The van der Waals surface area contributed by atoms with E-state index in [0.29, 0.717) is 6.04 Å². The van der Waals surface area contributed by atoms with Gasteiger partial charge < -0.3 is 20.3 Å². The Bertz CT molecular complexity index is 522. The summed E-state index contributed by atoms with van der Waals surface area (Å²) in [7, 11) is 6.18. The molecule has 140 valence electrons. The summed E-state index contributed by atoms with van der Waals surface area (Å²) in [6.45, 7) is 7.07. The standard InChI is InChI=1S/C19H33N5O/c1-5-17(25-18-9-7-6-8-10-18)14-22-19(20-2)21-13-16-15-23(3)11-12-24(16)4/h6-10,16-17H,5,11-15H2,1-4H3,(H2,20,21,22). The maximum Gasteiger partial charge on any atom is 0.191 e. The van der Waals surface area contributed by atoms with Gasteiger partial charge in [-0.05, 0) is 32.6 Å². The molecule has 0 bridgehead atoms. The molecule has 0 saturated carbocycles. The molecule has 0 amide bonds. The van der Waals surface area contributed by atoms with Crippen LogP contribution in [0.3, 0.4) is 0 Å². The summed E-state index contributed by atoms with van der Waals surface area (Å²) in [5.41, 5.74) is 0. The lowest BCUT2D eigenvalue weighted by molar-refractivity contribution is 0.116. The molecule has 1 fully saturated rings. The molecule has 1 saturated heterocycles. The molecule has 1 aliphatic rings. The fourth-order valence-electron chi connectivity index (χ4n) is 2.93. The maximum absolute atomic E-state index is 6.02. The number of aliphatic imine (C=N–C) groups is 1. The van der Waals surface area contributed by atoms with Gasteiger partial charge in [0.1, 0.15) is 11.9 Å². The van der Waals surface area contributed by atoms with E-state index in [2.05, 4.69) is 46.4 Å². The van der Waals surface area contributed by atoms with E-state index in [-0.39, 0.29) is 6.10 Å². The Kier molecular flexibility index (Phi) is 8.01. The maximum atomic E-state index is 6.02. The van der Waals surface area contributed by atoms with Crippen LogP contribution >= 0.6 is 0 Å². The number of hydrogen-bond donors (Lipinski definition) is 2. The van der Waals surface area contributed by atoms with Gasteiger partial charge in [0.2, 0.25) is 0 Å². The summed E-state index contributed by atoms with van der Waals surface area (Å²) >= 11 is 0. The average molecular weight is 348 g/mol. The molecule has 6 heteroatoms. The molecule has 1 aromatic rings. The first-order chi connectivity index (χ1) is 12.1. The highest BCUT2D eigenvalue weighted by molar-refractivity contribution is 5.79. The quantitative estimate of drug-likeness (QED) is 0.574. The van der Waals surface area contributed by atoms with Gasteiger partial charge in [0, 0.05) is 39.3 Å². The minimum atomic E-state index is 0.115. The number of rotatable bonds is 7. The lowest BCUT2D eigenvalue weighted by atomic mass is 10.2. The van der Waals surface area contributed by atoms with Gasteiger partial charge in [0.25, 0.3) is 0 Å². The molecular weight excluding hydrogens is 314 g/mol. The van der Waals surface area contributed by atoms with E-state index in [1.54, 1.807) is 0 Å². The first-order valence-electron chi connectivity index (χ1n) is 9.17. The number of likely N-dealkylation sites (N-methyl/N-ethyl adjacent to an activating group) is 2. The zero-order valence-corrected chi connectivity index (χ0v) is 16.0. The molecule has 2 unspecified atom stereocenters. The lowest BCUT2D eigenvalue weighted by Crippen LogP contribution is -2.55. The number of piperazine rings is 1. The molecular formula is C19H33N5O. The molecule has 0 spiro atoms. The van der Waals surface area contributed by atoms with Crippen molar-refractivity contribution in [3.63, 3.8) is 0 Å². The van der Waals surface area contributed by atoms with Crippen LogP contribution in [0.15, 0.2) is 35.3 Å². The second-order valence-electron chi connectivity index (χ2n) is 6.69. The van der Waals surface area contributed by atoms with Crippen LogP contribution in [-0.4, -0.2) is 81.8 Å². The van der Waals surface area contributed by atoms with Crippen LogP contribution in [0, 0.1) is 0 Å². The van der Waals surface area contributed by atoms with Crippen LogP contribution in [0.4, 0.5) is 0 Å². The van der Waals surface area contributed by atoms with Crippen LogP contribution < -0.4 is 15.4 Å². The number of para-hydroxylation sites is 1.